The lowest BCUT2D eigenvalue weighted by Crippen LogP contribution is -2.54. The van der Waals surface area contributed by atoms with Crippen LogP contribution < -0.4 is 10.6 Å². The first-order valence-electron chi connectivity index (χ1n) is 21.9. The number of alkyl carbamates (subject to hydrolysis) is 2. The molecule has 334 valence electrons. The van der Waals surface area contributed by atoms with Crippen LogP contribution in [0.25, 0.3) is 33.2 Å². The highest BCUT2D eigenvalue weighted by molar-refractivity contribution is 5.98. The van der Waals surface area contributed by atoms with Gasteiger partial charge in [-0.05, 0) is 140 Å². The first kappa shape index (κ1) is 44.8. The van der Waals surface area contributed by atoms with Gasteiger partial charge < -0.3 is 39.2 Å². The maximum atomic E-state index is 15.2. The average Bonchev–Trinajstić information content (AvgIpc) is 3.97. The number of likely N-dealkylation sites (tertiary alicyclic amines) is 2. The number of halogens is 2. The predicted octanol–water partition coefficient (Wildman–Crippen LogP) is 8.35. The molecule has 3 aliphatic heterocycles. The Morgan fingerprint density at radius 2 is 1.26 bits per heavy atom. The number of carbonyl (C=O) groups excluding carboxylic acids is 3. The number of aromatic nitrogens is 2. The van der Waals surface area contributed by atoms with Gasteiger partial charge in [-0.2, -0.15) is 0 Å². The van der Waals surface area contributed by atoms with E-state index in [-0.39, 0.29) is 36.0 Å². The molecule has 12 nitrogen and oxygen atoms in total. The molecule has 62 heavy (non-hydrogen) atoms. The predicted molar refractivity (Wildman–Crippen MR) is 237 cm³/mol. The molecule has 14 heteroatoms. The maximum Gasteiger partial charge on any atom is 0.408 e. The van der Waals surface area contributed by atoms with Crippen molar-refractivity contribution in [2.45, 2.75) is 148 Å². The van der Waals surface area contributed by atoms with Gasteiger partial charge in [0, 0.05) is 49.0 Å². The standard InChI is InChI=1S/C48H62F2N6O6/c1-9-13-37(51-45(59)61-47(3,4)5)43(57)53-21-11-15-31(53)27-35-33-19-17-29(49)25-39(33)55-23-24-56-40-26-30(50)18-20-34(40)36(42(56)41(35)55)28-32-16-12-22-54(32)44(58)38(14-10-2)52-46(60)62-48(6,7)8/h9-10,17-20,25-26,31-32,37-38,43,57H,1-2,11-16,21-24,27-28H2,3-8H3,(H,51,59)(H,52,60)/t31-,32-,37-,38-,43?/m0/s1. The van der Waals surface area contributed by atoms with E-state index < -0.39 is 41.7 Å². The van der Waals surface area contributed by atoms with Crippen molar-refractivity contribution in [2.75, 3.05) is 13.1 Å². The molecule has 2 aromatic heterocycles. The van der Waals surface area contributed by atoms with Gasteiger partial charge in [-0.25, -0.2) is 18.4 Å². The maximum absolute atomic E-state index is 15.2. The van der Waals surface area contributed by atoms with E-state index in [1.807, 2.05) is 21.9 Å². The van der Waals surface area contributed by atoms with Crippen molar-refractivity contribution < 1.29 is 37.7 Å². The summed E-state index contributed by atoms with van der Waals surface area (Å²) in [4.78, 5) is 44.0. The lowest BCUT2D eigenvalue weighted by atomic mass is 9.94. The normalized spacial score (nSPS) is 19.5. The zero-order chi connectivity index (χ0) is 44.7. The lowest BCUT2D eigenvalue weighted by Gasteiger charge is -2.35. The molecule has 0 aliphatic carbocycles. The number of ether oxygens (including phenoxy) is 2. The van der Waals surface area contributed by atoms with E-state index in [0.717, 1.165) is 70.0 Å². The molecule has 0 radical (unpaired) electrons. The molecule has 2 saturated heterocycles. The molecular weight excluding hydrogens is 795 g/mol. The number of hydrogen-bond acceptors (Lipinski definition) is 7. The van der Waals surface area contributed by atoms with Crippen LogP contribution in [0.1, 0.15) is 91.2 Å². The summed E-state index contributed by atoms with van der Waals surface area (Å²) in [6.07, 6.45) is 5.56. The van der Waals surface area contributed by atoms with Crippen molar-refractivity contribution in [1.29, 1.82) is 0 Å². The Morgan fingerprint density at radius 3 is 1.79 bits per heavy atom. The Balaban J connectivity index is 1.28. The molecule has 2 fully saturated rings. The summed E-state index contributed by atoms with van der Waals surface area (Å²) >= 11 is 0. The topological polar surface area (TPSA) is 130 Å². The Bertz CT molecular complexity index is 2360. The third-order valence-corrected chi connectivity index (χ3v) is 12.2. The summed E-state index contributed by atoms with van der Waals surface area (Å²) in [6.45, 7) is 20.5. The van der Waals surface area contributed by atoms with E-state index in [9.17, 15) is 19.5 Å². The van der Waals surface area contributed by atoms with Crippen molar-refractivity contribution in [1.82, 2.24) is 29.6 Å². The van der Waals surface area contributed by atoms with Crippen molar-refractivity contribution in [3.05, 3.63) is 84.5 Å². The number of rotatable bonds is 13. The van der Waals surface area contributed by atoms with Gasteiger partial charge in [-0.15, -0.1) is 13.2 Å². The molecule has 4 aromatic rings. The fraction of sp³-hybridized carbons (Fsp3) is 0.521. The van der Waals surface area contributed by atoms with Crippen LogP contribution in [0.15, 0.2) is 61.7 Å². The molecule has 3 aliphatic rings. The molecule has 0 bridgehead atoms. The van der Waals surface area contributed by atoms with Crippen LogP contribution in [0.3, 0.4) is 0 Å². The zero-order valence-electron chi connectivity index (χ0n) is 36.9. The second-order valence-electron chi connectivity index (χ2n) is 19.0. The molecular formula is C48H62F2N6O6. The Labute approximate surface area is 362 Å². The summed E-state index contributed by atoms with van der Waals surface area (Å²) in [5.41, 5.74) is 3.80. The van der Waals surface area contributed by atoms with Gasteiger partial charge in [-0.3, -0.25) is 9.69 Å². The summed E-state index contributed by atoms with van der Waals surface area (Å²) in [5.74, 6) is -0.936. The number of hydrogen-bond donors (Lipinski definition) is 3. The minimum atomic E-state index is -1.04. The summed E-state index contributed by atoms with van der Waals surface area (Å²) in [5, 5.41) is 19.4. The van der Waals surface area contributed by atoms with E-state index in [1.54, 1.807) is 65.8 Å². The highest BCUT2D eigenvalue weighted by Gasteiger charge is 2.40. The fourth-order valence-electron chi connectivity index (χ4n) is 9.81. The molecule has 3 N–H and O–H groups in total. The van der Waals surface area contributed by atoms with Crippen LogP contribution >= 0.6 is 0 Å². The van der Waals surface area contributed by atoms with Gasteiger partial charge in [0.05, 0.1) is 28.5 Å². The number of amides is 3. The van der Waals surface area contributed by atoms with E-state index in [4.69, 9.17) is 9.47 Å². The molecule has 3 amide bonds. The van der Waals surface area contributed by atoms with Gasteiger partial charge in [0.1, 0.15) is 35.1 Å². The van der Waals surface area contributed by atoms with Gasteiger partial charge in [0.15, 0.2) is 0 Å². The molecule has 1 unspecified atom stereocenters. The third kappa shape index (κ3) is 9.41. The summed E-state index contributed by atoms with van der Waals surface area (Å²) < 4.78 is 45.7. The van der Waals surface area contributed by atoms with Crippen molar-refractivity contribution in [3.8, 4) is 11.4 Å². The van der Waals surface area contributed by atoms with Crippen molar-refractivity contribution >= 4 is 39.9 Å². The Hall–Kier alpha value is -5.21. The fourth-order valence-corrected chi connectivity index (χ4v) is 9.81. The van der Waals surface area contributed by atoms with Gasteiger partial charge >= 0.3 is 12.2 Å². The van der Waals surface area contributed by atoms with Crippen LogP contribution in [0.5, 0.6) is 0 Å². The van der Waals surface area contributed by atoms with E-state index in [0.29, 0.717) is 45.4 Å². The molecule has 5 heterocycles. The number of carbonyl (C=O) groups is 3. The van der Waals surface area contributed by atoms with Crippen LogP contribution in [0.4, 0.5) is 18.4 Å². The number of aliphatic hydroxyl groups is 1. The second kappa shape index (κ2) is 17.9. The van der Waals surface area contributed by atoms with E-state index in [2.05, 4.69) is 32.9 Å². The van der Waals surface area contributed by atoms with Crippen LogP contribution in [0, 0.1) is 11.6 Å². The molecule has 7 rings (SSSR count). The second-order valence-corrected chi connectivity index (χ2v) is 19.0. The first-order chi connectivity index (χ1) is 29.4. The van der Waals surface area contributed by atoms with E-state index >= 15 is 8.78 Å². The van der Waals surface area contributed by atoms with Crippen molar-refractivity contribution in [3.63, 3.8) is 0 Å². The summed E-state index contributed by atoms with van der Waals surface area (Å²) in [6, 6.07) is 7.81. The number of aliphatic hydroxyl groups excluding tert-OH is 1. The van der Waals surface area contributed by atoms with E-state index in [1.165, 1.54) is 12.1 Å². The third-order valence-electron chi connectivity index (χ3n) is 12.2. The number of fused-ring (bicyclic) bond motifs is 7. The number of aryl methyl sites for hydroxylation is 2. The minimum absolute atomic E-state index is 0.138. The molecule has 0 saturated carbocycles. The highest BCUT2D eigenvalue weighted by Crippen LogP contribution is 2.45. The monoisotopic (exact) mass is 856 g/mol. The first-order valence-corrected chi connectivity index (χ1v) is 21.9. The number of nitrogens with one attached hydrogen (secondary N) is 2. The van der Waals surface area contributed by atoms with Crippen LogP contribution in [0.2, 0.25) is 0 Å². The zero-order valence-corrected chi connectivity index (χ0v) is 36.9. The van der Waals surface area contributed by atoms with Gasteiger partial charge in [-0.1, -0.05) is 12.2 Å². The average molecular weight is 857 g/mol. The largest absolute Gasteiger partial charge is 0.444 e. The number of nitrogens with zero attached hydrogens (tertiary/aromatic N) is 4. The minimum Gasteiger partial charge on any atom is -0.444 e. The summed E-state index contributed by atoms with van der Waals surface area (Å²) in [7, 11) is 0. The van der Waals surface area contributed by atoms with Gasteiger partial charge in [0.25, 0.3) is 0 Å². The molecule has 5 atom stereocenters. The number of benzene rings is 2. The highest BCUT2D eigenvalue weighted by atomic mass is 19.1. The Kier molecular flexibility index (Phi) is 12.9. The molecule has 2 aromatic carbocycles. The smallest absolute Gasteiger partial charge is 0.408 e. The van der Waals surface area contributed by atoms with Crippen molar-refractivity contribution in [2.24, 2.45) is 0 Å². The molecule has 0 spiro atoms. The quantitative estimate of drug-likeness (QED) is 0.115. The SMILES string of the molecule is C=CC[C@H](NC(=O)OC(C)(C)C)C(=O)N1CCC[C@H]1Cc1c2n(c3cc(F)ccc13)CCn1c-2c(C[C@@H]2CCCN2C(O)[C@H](CC=C)NC(=O)OC(C)(C)C)c2ccc(F)cc21. The van der Waals surface area contributed by atoms with Crippen LogP contribution in [-0.2, 0) is 40.2 Å². The van der Waals surface area contributed by atoms with Gasteiger partial charge in [0.2, 0.25) is 5.91 Å². The van der Waals surface area contributed by atoms with Crippen LogP contribution in [-0.4, -0.2) is 96.8 Å². The lowest BCUT2D eigenvalue weighted by molar-refractivity contribution is -0.134. The Morgan fingerprint density at radius 1 is 0.758 bits per heavy atom.